The first kappa shape index (κ1) is 10.6. The van der Waals surface area contributed by atoms with E-state index in [1.54, 1.807) is 0 Å². The van der Waals surface area contributed by atoms with Gasteiger partial charge in [0, 0.05) is 6.54 Å². The van der Waals surface area contributed by atoms with Crippen molar-refractivity contribution in [3.63, 3.8) is 0 Å². The van der Waals surface area contributed by atoms with Gasteiger partial charge in [0.15, 0.2) is 0 Å². The Hall–Kier alpha value is 0.130. The van der Waals surface area contributed by atoms with Crippen LogP contribution in [-0.2, 0) is 4.79 Å². The van der Waals surface area contributed by atoms with Crippen LogP contribution in [-0.4, -0.2) is 51.2 Å². The molecule has 14 heavy (non-hydrogen) atoms. The molecular formula is C9H15NO2S2. The molecule has 1 atom stereocenters. The summed E-state index contributed by atoms with van der Waals surface area (Å²) in [4.78, 5) is 13.0. The lowest BCUT2D eigenvalue weighted by atomic mass is 10.2. The van der Waals surface area contributed by atoms with Crippen molar-refractivity contribution in [3.05, 3.63) is 0 Å². The number of hydrogen-bond donors (Lipinski definition) is 1. The number of likely N-dealkylation sites (N-methyl/N-ethyl adjacent to an activating group) is 1. The second kappa shape index (κ2) is 3.94. The number of rotatable bonds is 1. The van der Waals surface area contributed by atoms with Crippen molar-refractivity contribution in [1.29, 1.82) is 0 Å². The topological polar surface area (TPSA) is 40.5 Å². The lowest BCUT2D eigenvalue weighted by Gasteiger charge is -2.31. The zero-order valence-electron chi connectivity index (χ0n) is 8.23. The smallest absolute Gasteiger partial charge is 0.320 e. The fourth-order valence-corrected chi connectivity index (χ4v) is 5.59. The standard InChI is InChI=1S/C9H15NO2S2/c1-10-6-9(5-7(10)8(11)12)13-3-2-4-14-9/h7H,2-6H2,1H3,(H,11,12). The van der Waals surface area contributed by atoms with Crippen LogP contribution in [0.3, 0.4) is 0 Å². The molecule has 2 rings (SSSR count). The highest BCUT2D eigenvalue weighted by atomic mass is 32.2. The summed E-state index contributed by atoms with van der Waals surface area (Å²) in [6, 6.07) is -0.270. The number of likely N-dealkylation sites (tertiary alicyclic amines) is 1. The van der Waals surface area contributed by atoms with Crippen LogP contribution in [0.5, 0.6) is 0 Å². The van der Waals surface area contributed by atoms with Crippen LogP contribution in [0.4, 0.5) is 0 Å². The highest BCUT2D eigenvalue weighted by molar-refractivity contribution is 8.18. The van der Waals surface area contributed by atoms with E-state index in [1.165, 1.54) is 17.9 Å². The first-order valence-corrected chi connectivity index (χ1v) is 6.81. The van der Waals surface area contributed by atoms with Crippen molar-refractivity contribution in [1.82, 2.24) is 4.90 Å². The van der Waals surface area contributed by atoms with E-state index < -0.39 is 5.97 Å². The molecule has 2 aliphatic rings. The zero-order valence-corrected chi connectivity index (χ0v) is 9.87. The summed E-state index contributed by atoms with van der Waals surface area (Å²) in [6.45, 7) is 0.916. The number of carboxylic acid groups (broad SMARTS) is 1. The van der Waals surface area contributed by atoms with Crippen LogP contribution in [0.25, 0.3) is 0 Å². The van der Waals surface area contributed by atoms with Gasteiger partial charge >= 0.3 is 5.97 Å². The average molecular weight is 233 g/mol. The second-order valence-corrected chi connectivity index (χ2v) is 7.15. The minimum atomic E-state index is -0.670. The van der Waals surface area contributed by atoms with Crippen molar-refractivity contribution >= 4 is 29.5 Å². The molecule has 2 heterocycles. The lowest BCUT2D eigenvalue weighted by molar-refractivity contribution is -0.141. The van der Waals surface area contributed by atoms with Crippen LogP contribution in [0.2, 0.25) is 0 Å². The molecule has 2 aliphatic heterocycles. The minimum absolute atomic E-state index is 0.177. The molecule has 0 aromatic carbocycles. The Morgan fingerprint density at radius 2 is 2.14 bits per heavy atom. The van der Waals surface area contributed by atoms with Gasteiger partial charge in [-0.3, -0.25) is 9.69 Å². The third kappa shape index (κ3) is 1.90. The number of aliphatic carboxylic acids is 1. The van der Waals surface area contributed by atoms with Crippen LogP contribution in [0, 0.1) is 0 Å². The van der Waals surface area contributed by atoms with E-state index in [9.17, 15) is 4.79 Å². The molecule has 1 spiro atoms. The normalized spacial score (nSPS) is 32.2. The Morgan fingerprint density at radius 1 is 1.50 bits per heavy atom. The van der Waals surface area contributed by atoms with Crippen LogP contribution < -0.4 is 0 Å². The quantitative estimate of drug-likeness (QED) is 0.740. The highest BCUT2D eigenvalue weighted by Gasteiger charge is 2.47. The number of thioether (sulfide) groups is 2. The summed E-state index contributed by atoms with van der Waals surface area (Å²) in [6.07, 6.45) is 2.06. The van der Waals surface area contributed by atoms with Crippen molar-refractivity contribution in [2.45, 2.75) is 23.0 Å². The Labute approximate surface area is 92.6 Å². The molecule has 3 nitrogen and oxygen atoms in total. The van der Waals surface area contributed by atoms with Gasteiger partial charge in [0.05, 0.1) is 4.08 Å². The number of hydrogen-bond acceptors (Lipinski definition) is 4. The summed E-state index contributed by atoms with van der Waals surface area (Å²) >= 11 is 3.91. The molecule has 2 saturated heterocycles. The molecule has 1 unspecified atom stereocenters. The van der Waals surface area contributed by atoms with Gasteiger partial charge in [-0.2, -0.15) is 0 Å². The molecular weight excluding hydrogens is 218 g/mol. The monoisotopic (exact) mass is 233 g/mol. The van der Waals surface area contributed by atoms with Crippen molar-refractivity contribution in [3.8, 4) is 0 Å². The zero-order chi connectivity index (χ0) is 10.2. The molecule has 1 N–H and O–H groups in total. The molecule has 5 heteroatoms. The number of carboxylic acids is 1. The van der Waals surface area contributed by atoms with Gasteiger partial charge < -0.3 is 5.11 Å². The maximum atomic E-state index is 11.0. The fraction of sp³-hybridized carbons (Fsp3) is 0.889. The Morgan fingerprint density at radius 3 is 2.64 bits per heavy atom. The SMILES string of the molecule is CN1CC2(CC1C(=O)O)SCCCS2. The van der Waals surface area contributed by atoms with Crippen molar-refractivity contribution in [2.24, 2.45) is 0 Å². The molecule has 0 aromatic heterocycles. The van der Waals surface area contributed by atoms with Gasteiger partial charge in [0.2, 0.25) is 0 Å². The molecule has 0 aromatic rings. The Kier molecular flexibility index (Phi) is 3.00. The predicted octanol–water partition coefficient (Wildman–Crippen LogP) is 1.34. The first-order valence-electron chi connectivity index (χ1n) is 4.84. The van der Waals surface area contributed by atoms with E-state index in [4.69, 9.17) is 5.11 Å². The van der Waals surface area contributed by atoms with Gasteiger partial charge in [0.1, 0.15) is 6.04 Å². The van der Waals surface area contributed by atoms with E-state index in [0.717, 1.165) is 13.0 Å². The third-order valence-corrected chi connectivity index (χ3v) is 6.17. The molecule has 0 radical (unpaired) electrons. The molecule has 0 aliphatic carbocycles. The Bertz CT molecular complexity index is 241. The molecule has 0 bridgehead atoms. The van der Waals surface area contributed by atoms with Gasteiger partial charge in [-0.05, 0) is 31.4 Å². The average Bonchev–Trinajstić information content (AvgIpc) is 2.44. The van der Waals surface area contributed by atoms with Gasteiger partial charge in [-0.1, -0.05) is 0 Å². The van der Waals surface area contributed by atoms with E-state index in [0.29, 0.717) is 0 Å². The van der Waals surface area contributed by atoms with Crippen LogP contribution in [0.1, 0.15) is 12.8 Å². The molecule has 2 fully saturated rings. The first-order chi connectivity index (χ1) is 6.63. The molecule has 80 valence electrons. The second-order valence-electron chi connectivity index (χ2n) is 3.93. The maximum Gasteiger partial charge on any atom is 0.320 e. The van der Waals surface area contributed by atoms with Crippen LogP contribution >= 0.6 is 23.5 Å². The van der Waals surface area contributed by atoms with Crippen LogP contribution in [0.15, 0.2) is 0 Å². The minimum Gasteiger partial charge on any atom is -0.480 e. The molecule has 0 saturated carbocycles. The van der Waals surface area contributed by atoms with Crippen molar-refractivity contribution < 1.29 is 9.90 Å². The summed E-state index contributed by atoms with van der Waals surface area (Å²) in [5.74, 6) is 1.71. The van der Waals surface area contributed by atoms with E-state index >= 15 is 0 Å². The van der Waals surface area contributed by atoms with Crippen molar-refractivity contribution in [2.75, 3.05) is 25.1 Å². The fourth-order valence-electron chi connectivity index (χ4n) is 2.11. The van der Waals surface area contributed by atoms with Gasteiger partial charge in [-0.15, -0.1) is 23.5 Å². The maximum absolute atomic E-state index is 11.0. The number of nitrogens with zero attached hydrogens (tertiary/aromatic N) is 1. The summed E-state index contributed by atoms with van der Waals surface area (Å²) in [5.41, 5.74) is 0. The van der Waals surface area contributed by atoms with E-state index in [-0.39, 0.29) is 10.1 Å². The lowest BCUT2D eigenvalue weighted by Crippen LogP contribution is -2.32. The summed E-state index contributed by atoms with van der Waals surface area (Å²) in [5, 5.41) is 9.04. The van der Waals surface area contributed by atoms with E-state index in [1.807, 2.05) is 35.5 Å². The molecule has 0 amide bonds. The predicted molar refractivity (Wildman–Crippen MR) is 60.9 cm³/mol. The van der Waals surface area contributed by atoms with E-state index in [2.05, 4.69) is 0 Å². The Balaban J connectivity index is 2.06. The third-order valence-electron chi connectivity index (χ3n) is 2.83. The van der Waals surface area contributed by atoms with Gasteiger partial charge in [0.25, 0.3) is 0 Å². The highest BCUT2D eigenvalue weighted by Crippen LogP contribution is 2.49. The summed E-state index contributed by atoms with van der Waals surface area (Å²) in [7, 11) is 1.92. The largest absolute Gasteiger partial charge is 0.480 e. The van der Waals surface area contributed by atoms with Gasteiger partial charge in [-0.25, -0.2) is 0 Å². The number of carbonyl (C=O) groups is 1. The summed E-state index contributed by atoms with van der Waals surface area (Å²) < 4.78 is 0.177.